The van der Waals surface area contributed by atoms with Crippen molar-refractivity contribution < 1.29 is 0 Å². The van der Waals surface area contributed by atoms with Crippen molar-refractivity contribution in [2.24, 2.45) is 0 Å². The van der Waals surface area contributed by atoms with Gasteiger partial charge in [0.1, 0.15) is 5.82 Å². The molecule has 1 atom stereocenters. The Labute approximate surface area is 199 Å². The summed E-state index contributed by atoms with van der Waals surface area (Å²) in [5, 5.41) is 10.5. The number of aryl methyl sites for hydroxylation is 2. The molecule has 1 saturated heterocycles. The number of benzene rings is 2. The Balaban J connectivity index is 1.56. The molecule has 0 amide bonds. The summed E-state index contributed by atoms with van der Waals surface area (Å²) in [6, 6.07) is 15.9. The SMILES string of the molecule is CCc1nc(C)cn1CCN1CCN(c2ccc(C#N)cc2Cl)C(c2ccc(Cl)cc2)C1. The van der Waals surface area contributed by atoms with E-state index in [2.05, 4.69) is 50.7 Å². The van der Waals surface area contributed by atoms with Gasteiger partial charge in [-0.15, -0.1) is 0 Å². The maximum Gasteiger partial charge on any atom is 0.108 e. The van der Waals surface area contributed by atoms with Crippen LogP contribution in [0.2, 0.25) is 10.0 Å². The van der Waals surface area contributed by atoms with Crippen molar-refractivity contribution in [3.8, 4) is 6.07 Å². The zero-order valence-corrected chi connectivity index (χ0v) is 19.9. The summed E-state index contributed by atoms with van der Waals surface area (Å²) in [7, 11) is 0. The number of anilines is 1. The van der Waals surface area contributed by atoms with Crippen LogP contribution in [0.15, 0.2) is 48.7 Å². The van der Waals surface area contributed by atoms with E-state index in [4.69, 9.17) is 23.2 Å². The molecule has 0 N–H and O–H groups in total. The van der Waals surface area contributed by atoms with Crippen LogP contribution < -0.4 is 4.90 Å². The lowest BCUT2D eigenvalue weighted by atomic mass is 10.0. The number of hydrogen-bond acceptors (Lipinski definition) is 4. The summed E-state index contributed by atoms with van der Waals surface area (Å²) in [4.78, 5) is 9.48. The molecule has 7 heteroatoms. The zero-order chi connectivity index (χ0) is 22.7. The van der Waals surface area contributed by atoms with Crippen LogP contribution in [-0.2, 0) is 13.0 Å². The molecule has 3 aromatic rings. The van der Waals surface area contributed by atoms with E-state index < -0.39 is 0 Å². The Morgan fingerprint density at radius 3 is 2.56 bits per heavy atom. The van der Waals surface area contributed by atoms with Crippen molar-refractivity contribution in [3.05, 3.63) is 81.4 Å². The van der Waals surface area contributed by atoms with E-state index >= 15 is 0 Å². The number of imidazole rings is 1. The Morgan fingerprint density at radius 2 is 1.88 bits per heavy atom. The van der Waals surface area contributed by atoms with Gasteiger partial charge in [-0.2, -0.15) is 5.26 Å². The van der Waals surface area contributed by atoms with Gasteiger partial charge in [-0.3, -0.25) is 4.90 Å². The average molecular weight is 468 g/mol. The highest BCUT2D eigenvalue weighted by Crippen LogP contribution is 2.36. The van der Waals surface area contributed by atoms with Gasteiger partial charge in [-0.05, 0) is 42.8 Å². The second kappa shape index (κ2) is 9.95. The third-order valence-corrected chi connectivity index (χ3v) is 6.61. The van der Waals surface area contributed by atoms with Crippen LogP contribution in [0.3, 0.4) is 0 Å². The first-order valence-corrected chi connectivity index (χ1v) is 11.7. The van der Waals surface area contributed by atoms with Crippen molar-refractivity contribution in [2.75, 3.05) is 31.1 Å². The van der Waals surface area contributed by atoms with E-state index in [9.17, 15) is 5.26 Å². The minimum absolute atomic E-state index is 0.140. The predicted molar refractivity (Wildman–Crippen MR) is 130 cm³/mol. The highest BCUT2D eigenvalue weighted by atomic mass is 35.5. The molecule has 2 aromatic carbocycles. The molecule has 5 nitrogen and oxygen atoms in total. The largest absolute Gasteiger partial charge is 0.361 e. The first kappa shape index (κ1) is 22.7. The second-order valence-corrected chi connectivity index (χ2v) is 9.03. The molecule has 0 bridgehead atoms. The van der Waals surface area contributed by atoms with Gasteiger partial charge in [0.15, 0.2) is 0 Å². The minimum Gasteiger partial charge on any atom is -0.361 e. The van der Waals surface area contributed by atoms with Crippen molar-refractivity contribution in [2.45, 2.75) is 32.9 Å². The number of halogens is 2. The fourth-order valence-corrected chi connectivity index (χ4v) is 4.85. The van der Waals surface area contributed by atoms with Crippen molar-refractivity contribution >= 4 is 28.9 Å². The van der Waals surface area contributed by atoms with E-state index in [1.165, 1.54) is 5.56 Å². The van der Waals surface area contributed by atoms with Gasteiger partial charge in [0.05, 0.1) is 34.1 Å². The van der Waals surface area contributed by atoms with Gasteiger partial charge in [-0.1, -0.05) is 42.3 Å². The number of piperazine rings is 1. The monoisotopic (exact) mass is 467 g/mol. The fraction of sp³-hybridized carbons (Fsp3) is 0.360. The Hall–Kier alpha value is -2.52. The quantitative estimate of drug-likeness (QED) is 0.480. The highest BCUT2D eigenvalue weighted by molar-refractivity contribution is 6.33. The molecular formula is C25H27Cl2N5. The number of hydrogen-bond donors (Lipinski definition) is 0. The summed E-state index contributed by atoms with van der Waals surface area (Å²) in [5.41, 5.74) is 3.81. The Bertz CT molecular complexity index is 1120. The number of rotatable bonds is 6. The lowest BCUT2D eigenvalue weighted by molar-refractivity contribution is 0.215. The van der Waals surface area contributed by atoms with E-state index in [0.717, 1.165) is 61.4 Å². The summed E-state index contributed by atoms with van der Waals surface area (Å²) in [6.45, 7) is 8.75. The van der Waals surface area contributed by atoms with Gasteiger partial charge in [0.2, 0.25) is 0 Å². The van der Waals surface area contributed by atoms with Crippen LogP contribution in [0.5, 0.6) is 0 Å². The maximum absolute atomic E-state index is 9.20. The molecule has 2 heterocycles. The molecule has 0 spiro atoms. The third kappa shape index (κ3) is 4.94. The molecule has 1 aliphatic heterocycles. The van der Waals surface area contributed by atoms with Gasteiger partial charge < -0.3 is 9.47 Å². The minimum atomic E-state index is 0.140. The van der Waals surface area contributed by atoms with Crippen molar-refractivity contribution in [1.29, 1.82) is 5.26 Å². The summed E-state index contributed by atoms with van der Waals surface area (Å²) < 4.78 is 2.27. The van der Waals surface area contributed by atoms with Crippen molar-refractivity contribution in [3.63, 3.8) is 0 Å². The summed E-state index contributed by atoms with van der Waals surface area (Å²) in [6.07, 6.45) is 3.08. The van der Waals surface area contributed by atoms with Gasteiger partial charge >= 0.3 is 0 Å². The topological polar surface area (TPSA) is 48.1 Å². The third-order valence-electron chi connectivity index (χ3n) is 6.06. The molecule has 166 valence electrons. The second-order valence-electron chi connectivity index (χ2n) is 8.18. The van der Waals surface area contributed by atoms with Crippen molar-refractivity contribution in [1.82, 2.24) is 14.5 Å². The van der Waals surface area contributed by atoms with Crippen LogP contribution in [0.25, 0.3) is 0 Å². The maximum atomic E-state index is 9.20. The zero-order valence-electron chi connectivity index (χ0n) is 18.4. The standard InChI is InChI=1S/C25H27Cl2N5/c1-3-25-29-18(2)16-31(25)12-10-30-11-13-32(23-9-4-19(15-28)14-22(23)27)24(17-30)20-5-7-21(26)8-6-20/h4-9,14,16,24H,3,10-13,17H2,1-2H3. The molecule has 1 unspecified atom stereocenters. The van der Waals surface area contributed by atoms with Crippen LogP contribution in [-0.4, -0.2) is 40.6 Å². The Kier molecular flexibility index (Phi) is 7.05. The smallest absolute Gasteiger partial charge is 0.108 e. The van der Waals surface area contributed by atoms with E-state index in [1.807, 2.05) is 31.2 Å². The molecule has 4 rings (SSSR count). The first-order valence-electron chi connectivity index (χ1n) is 10.9. The van der Waals surface area contributed by atoms with Crippen LogP contribution >= 0.6 is 23.2 Å². The van der Waals surface area contributed by atoms with Crippen LogP contribution in [0.1, 0.15) is 35.6 Å². The molecular weight excluding hydrogens is 441 g/mol. The molecule has 0 aliphatic carbocycles. The predicted octanol–water partition coefficient (Wildman–Crippen LogP) is 5.50. The normalized spacial score (nSPS) is 16.8. The van der Waals surface area contributed by atoms with Gasteiger partial charge in [0.25, 0.3) is 0 Å². The van der Waals surface area contributed by atoms with Gasteiger partial charge in [-0.25, -0.2) is 4.98 Å². The van der Waals surface area contributed by atoms with Crippen LogP contribution in [0, 0.1) is 18.3 Å². The lowest BCUT2D eigenvalue weighted by Crippen LogP contribution is -2.49. The Morgan fingerprint density at radius 1 is 1.09 bits per heavy atom. The highest BCUT2D eigenvalue weighted by Gasteiger charge is 2.29. The number of nitrogens with zero attached hydrogens (tertiary/aromatic N) is 5. The fourth-order valence-electron chi connectivity index (χ4n) is 4.43. The lowest BCUT2D eigenvalue weighted by Gasteiger charge is -2.43. The molecule has 0 saturated carbocycles. The molecule has 1 fully saturated rings. The summed E-state index contributed by atoms with van der Waals surface area (Å²) in [5.74, 6) is 1.14. The van der Waals surface area contributed by atoms with E-state index in [-0.39, 0.29) is 6.04 Å². The molecule has 1 aromatic heterocycles. The van der Waals surface area contributed by atoms with Crippen LogP contribution in [0.4, 0.5) is 5.69 Å². The molecule has 0 radical (unpaired) electrons. The molecule has 32 heavy (non-hydrogen) atoms. The van der Waals surface area contributed by atoms with E-state index in [0.29, 0.717) is 10.6 Å². The number of nitriles is 1. The number of aromatic nitrogens is 2. The van der Waals surface area contributed by atoms with E-state index in [1.54, 1.807) is 6.07 Å². The average Bonchev–Trinajstić information content (AvgIpc) is 3.17. The van der Waals surface area contributed by atoms with Gasteiger partial charge in [0, 0.05) is 50.4 Å². The first-order chi connectivity index (χ1) is 15.5. The molecule has 1 aliphatic rings. The summed E-state index contributed by atoms with van der Waals surface area (Å²) >= 11 is 12.7.